The highest BCUT2D eigenvalue weighted by molar-refractivity contribution is 6.35. The second-order valence-electron chi connectivity index (χ2n) is 6.15. The Balaban J connectivity index is 1.46. The van der Waals surface area contributed by atoms with E-state index in [4.69, 9.17) is 23.2 Å². The third kappa shape index (κ3) is 5.36. The Morgan fingerprint density at radius 1 is 0.960 bits per heavy atom. The summed E-state index contributed by atoms with van der Waals surface area (Å²) < 4.78 is 0. The van der Waals surface area contributed by atoms with Crippen LogP contribution in [-0.4, -0.2) is 48.6 Å². The van der Waals surface area contributed by atoms with Crippen molar-refractivity contribution >= 4 is 34.9 Å². The zero-order chi connectivity index (χ0) is 17.6. The Labute approximate surface area is 158 Å². The van der Waals surface area contributed by atoms with Gasteiger partial charge in [-0.3, -0.25) is 4.90 Å². The number of piperazine rings is 1. The number of nitrogens with zero attached hydrogens (tertiary/aromatic N) is 2. The van der Waals surface area contributed by atoms with Gasteiger partial charge in [0, 0.05) is 48.5 Å². The first-order chi connectivity index (χ1) is 12.1. The van der Waals surface area contributed by atoms with Gasteiger partial charge in [0.25, 0.3) is 0 Å². The molecule has 1 aliphatic rings. The van der Waals surface area contributed by atoms with E-state index in [9.17, 15) is 4.79 Å². The Morgan fingerprint density at radius 2 is 1.60 bits per heavy atom. The molecule has 0 unspecified atom stereocenters. The van der Waals surface area contributed by atoms with Crippen LogP contribution in [0, 0.1) is 0 Å². The number of nitrogens with one attached hydrogen (secondary N) is 1. The van der Waals surface area contributed by atoms with Crippen LogP contribution in [0.1, 0.15) is 5.56 Å². The van der Waals surface area contributed by atoms with Crippen LogP contribution in [0.3, 0.4) is 0 Å². The van der Waals surface area contributed by atoms with E-state index >= 15 is 0 Å². The number of hydrogen-bond donors (Lipinski definition) is 1. The molecule has 0 spiro atoms. The van der Waals surface area contributed by atoms with E-state index < -0.39 is 0 Å². The Morgan fingerprint density at radius 3 is 2.24 bits per heavy atom. The van der Waals surface area contributed by atoms with Gasteiger partial charge < -0.3 is 10.2 Å². The minimum absolute atomic E-state index is 0.110. The summed E-state index contributed by atoms with van der Waals surface area (Å²) >= 11 is 11.9. The number of benzene rings is 2. The molecule has 1 heterocycles. The first-order valence-electron chi connectivity index (χ1n) is 8.38. The summed E-state index contributed by atoms with van der Waals surface area (Å²) in [5, 5.41) is 3.88. The van der Waals surface area contributed by atoms with Crippen molar-refractivity contribution in [2.45, 2.75) is 6.42 Å². The number of hydrogen-bond acceptors (Lipinski definition) is 2. The number of amides is 2. The molecule has 0 aromatic heterocycles. The fourth-order valence-corrected chi connectivity index (χ4v) is 3.46. The molecule has 4 nitrogen and oxygen atoms in total. The van der Waals surface area contributed by atoms with Crippen LogP contribution in [0.2, 0.25) is 10.0 Å². The number of carbonyl (C=O) groups is 1. The van der Waals surface area contributed by atoms with Gasteiger partial charge in [0.1, 0.15) is 0 Å². The third-order valence-electron chi connectivity index (χ3n) is 4.33. The number of carbonyl (C=O) groups excluding carboxylic acids is 1. The minimum atomic E-state index is -0.110. The molecule has 0 aliphatic carbocycles. The molecule has 1 fully saturated rings. The molecule has 6 heteroatoms. The highest BCUT2D eigenvalue weighted by Crippen LogP contribution is 2.22. The van der Waals surface area contributed by atoms with Gasteiger partial charge in [-0.25, -0.2) is 4.79 Å². The van der Waals surface area contributed by atoms with Crippen LogP contribution in [0.5, 0.6) is 0 Å². The molecular weight excluding hydrogens is 357 g/mol. The SMILES string of the molecule is O=C(Nc1cc(Cl)cc(Cl)c1)N1CCN(CCc2ccccc2)CC1. The second-order valence-corrected chi connectivity index (χ2v) is 7.03. The zero-order valence-corrected chi connectivity index (χ0v) is 15.4. The van der Waals surface area contributed by atoms with E-state index in [2.05, 4.69) is 34.5 Å². The summed E-state index contributed by atoms with van der Waals surface area (Å²) in [5.41, 5.74) is 1.97. The van der Waals surface area contributed by atoms with Crippen molar-refractivity contribution in [3.05, 3.63) is 64.1 Å². The van der Waals surface area contributed by atoms with Crippen LogP contribution in [0.15, 0.2) is 48.5 Å². The molecule has 25 heavy (non-hydrogen) atoms. The molecule has 1 aliphatic heterocycles. The van der Waals surface area contributed by atoms with Gasteiger partial charge in [-0.1, -0.05) is 53.5 Å². The summed E-state index contributed by atoms with van der Waals surface area (Å²) in [4.78, 5) is 16.6. The average Bonchev–Trinajstić information content (AvgIpc) is 2.60. The van der Waals surface area contributed by atoms with Gasteiger partial charge >= 0.3 is 6.03 Å². The van der Waals surface area contributed by atoms with E-state index in [0.29, 0.717) is 15.7 Å². The quantitative estimate of drug-likeness (QED) is 0.857. The molecule has 1 saturated heterocycles. The predicted molar refractivity (Wildman–Crippen MR) is 104 cm³/mol. The highest BCUT2D eigenvalue weighted by atomic mass is 35.5. The molecule has 2 aromatic carbocycles. The minimum Gasteiger partial charge on any atom is -0.322 e. The fourth-order valence-electron chi connectivity index (χ4n) is 2.93. The van der Waals surface area contributed by atoms with Crippen molar-refractivity contribution in [2.24, 2.45) is 0 Å². The van der Waals surface area contributed by atoms with Gasteiger partial charge in [0.2, 0.25) is 0 Å². The first kappa shape index (κ1) is 18.1. The van der Waals surface area contributed by atoms with Crippen LogP contribution < -0.4 is 5.32 Å². The maximum Gasteiger partial charge on any atom is 0.321 e. The van der Waals surface area contributed by atoms with Gasteiger partial charge in [-0.05, 0) is 30.2 Å². The van der Waals surface area contributed by atoms with Gasteiger partial charge in [-0.15, -0.1) is 0 Å². The molecule has 0 bridgehead atoms. The van der Waals surface area contributed by atoms with Crippen molar-refractivity contribution in [1.29, 1.82) is 0 Å². The van der Waals surface area contributed by atoms with Crippen molar-refractivity contribution in [2.75, 3.05) is 38.0 Å². The molecule has 132 valence electrons. The van der Waals surface area contributed by atoms with Crippen molar-refractivity contribution in [1.82, 2.24) is 9.80 Å². The average molecular weight is 378 g/mol. The van der Waals surface area contributed by atoms with Crippen molar-refractivity contribution in [3.8, 4) is 0 Å². The molecule has 0 saturated carbocycles. The lowest BCUT2D eigenvalue weighted by molar-refractivity contribution is 0.148. The zero-order valence-electron chi connectivity index (χ0n) is 13.9. The maximum absolute atomic E-state index is 12.4. The lowest BCUT2D eigenvalue weighted by atomic mass is 10.1. The predicted octanol–water partition coefficient (Wildman–Crippen LogP) is 4.39. The Bertz CT molecular complexity index is 696. The largest absolute Gasteiger partial charge is 0.322 e. The Hall–Kier alpha value is -1.75. The molecule has 1 N–H and O–H groups in total. The third-order valence-corrected chi connectivity index (χ3v) is 4.77. The van der Waals surface area contributed by atoms with Crippen LogP contribution in [-0.2, 0) is 6.42 Å². The first-order valence-corrected chi connectivity index (χ1v) is 9.14. The summed E-state index contributed by atoms with van der Waals surface area (Å²) in [6, 6.07) is 15.4. The summed E-state index contributed by atoms with van der Waals surface area (Å²) in [6.45, 7) is 4.22. The van der Waals surface area contributed by atoms with E-state index in [1.54, 1.807) is 18.2 Å². The fraction of sp³-hybridized carbons (Fsp3) is 0.316. The van der Waals surface area contributed by atoms with Crippen LogP contribution in [0.4, 0.5) is 10.5 Å². The van der Waals surface area contributed by atoms with Crippen LogP contribution in [0.25, 0.3) is 0 Å². The highest BCUT2D eigenvalue weighted by Gasteiger charge is 2.21. The lowest BCUT2D eigenvalue weighted by Gasteiger charge is -2.34. The monoisotopic (exact) mass is 377 g/mol. The maximum atomic E-state index is 12.4. The van der Waals surface area contributed by atoms with E-state index in [0.717, 1.165) is 39.1 Å². The summed E-state index contributed by atoms with van der Waals surface area (Å²) in [5.74, 6) is 0. The van der Waals surface area contributed by atoms with E-state index in [1.807, 2.05) is 11.0 Å². The van der Waals surface area contributed by atoms with Crippen molar-refractivity contribution < 1.29 is 4.79 Å². The molecule has 2 aromatic rings. The van der Waals surface area contributed by atoms with Crippen molar-refractivity contribution in [3.63, 3.8) is 0 Å². The molecule has 3 rings (SSSR count). The normalized spacial score (nSPS) is 15.2. The number of anilines is 1. The van der Waals surface area contributed by atoms with Gasteiger partial charge in [0.15, 0.2) is 0 Å². The number of urea groups is 1. The van der Waals surface area contributed by atoms with E-state index in [-0.39, 0.29) is 6.03 Å². The standard InChI is InChI=1S/C19H21Cl2N3O/c20-16-12-17(21)14-18(13-16)22-19(25)24-10-8-23(9-11-24)7-6-15-4-2-1-3-5-15/h1-5,12-14H,6-11H2,(H,22,25). The number of rotatable bonds is 4. The van der Waals surface area contributed by atoms with Gasteiger partial charge in [-0.2, -0.15) is 0 Å². The summed E-state index contributed by atoms with van der Waals surface area (Å²) in [7, 11) is 0. The van der Waals surface area contributed by atoms with Crippen LogP contribution >= 0.6 is 23.2 Å². The lowest BCUT2D eigenvalue weighted by Crippen LogP contribution is -2.50. The molecule has 0 atom stereocenters. The smallest absolute Gasteiger partial charge is 0.321 e. The molecule has 0 radical (unpaired) electrons. The summed E-state index contributed by atoms with van der Waals surface area (Å²) in [6.07, 6.45) is 1.04. The Kier molecular flexibility index (Phi) is 6.19. The van der Waals surface area contributed by atoms with E-state index in [1.165, 1.54) is 5.56 Å². The topological polar surface area (TPSA) is 35.6 Å². The second kappa shape index (κ2) is 8.56. The molecule has 2 amide bonds. The molecular formula is C19H21Cl2N3O. The number of halogens is 2. The van der Waals surface area contributed by atoms with Gasteiger partial charge in [0.05, 0.1) is 0 Å².